The second kappa shape index (κ2) is 6.70. The number of nitrogens with one attached hydrogen (secondary N) is 1. The van der Waals surface area contributed by atoms with Crippen LogP contribution in [0.25, 0.3) is 0 Å². The van der Waals surface area contributed by atoms with E-state index in [0.29, 0.717) is 17.3 Å². The summed E-state index contributed by atoms with van der Waals surface area (Å²) in [5, 5.41) is 8.59. The number of aliphatic hydroxyl groups excluding tert-OH is 1. The van der Waals surface area contributed by atoms with E-state index in [9.17, 15) is 8.42 Å². The molecule has 0 aromatic carbocycles. The summed E-state index contributed by atoms with van der Waals surface area (Å²) in [6.45, 7) is 2.31. The van der Waals surface area contributed by atoms with Crippen molar-refractivity contribution in [3.05, 3.63) is 16.0 Å². The standard InChI is InChI=1S/C10H16ClNO3S2/c1-8-7-9(16-10(8)11)17(14,15)12-5-3-2-4-6-13/h7,12-13H,2-6H2,1H3. The highest BCUT2D eigenvalue weighted by Crippen LogP contribution is 2.29. The number of unbranched alkanes of at least 4 members (excludes halogenated alkanes) is 2. The normalized spacial score (nSPS) is 11.9. The lowest BCUT2D eigenvalue weighted by Crippen LogP contribution is -2.24. The van der Waals surface area contributed by atoms with Gasteiger partial charge >= 0.3 is 0 Å². The molecular weight excluding hydrogens is 282 g/mol. The molecule has 0 aliphatic rings. The Hall–Kier alpha value is -0.140. The Kier molecular flexibility index (Phi) is 5.88. The Morgan fingerprint density at radius 3 is 2.65 bits per heavy atom. The van der Waals surface area contributed by atoms with Gasteiger partial charge in [0.25, 0.3) is 0 Å². The zero-order valence-electron chi connectivity index (χ0n) is 9.57. The second-order valence-electron chi connectivity index (χ2n) is 3.70. The van der Waals surface area contributed by atoms with Crippen molar-refractivity contribution in [2.45, 2.75) is 30.4 Å². The summed E-state index contributed by atoms with van der Waals surface area (Å²) < 4.78 is 26.9. The molecule has 0 aliphatic heterocycles. The lowest BCUT2D eigenvalue weighted by molar-refractivity contribution is 0.283. The summed E-state index contributed by atoms with van der Waals surface area (Å²) in [5.74, 6) is 0. The zero-order valence-corrected chi connectivity index (χ0v) is 12.0. The van der Waals surface area contributed by atoms with Gasteiger partial charge in [0.1, 0.15) is 4.21 Å². The van der Waals surface area contributed by atoms with Crippen LogP contribution in [0.4, 0.5) is 0 Å². The number of hydrogen-bond donors (Lipinski definition) is 2. The molecule has 1 aromatic heterocycles. The van der Waals surface area contributed by atoms with Gasteiger partial charge in [-0.1, -0.05) is 11.6 Å². The molecule has 0 aliphatic carbocycles. The van der Waals surface area contributed by atoms with Gasteiger partial charge in [0, 0.05) is 13.2 Å². The molecule has 0 fully saturated rings. The van der Waals surface area contributed by atoms with Crippen LogP contribution in [0.15, 0.2) is 10.3 Å². The van der Waals surface area contributed by atoms with E-state index in [-0.39, 0.29) is 10.8 Å². The molecule has 0 spiro atoms. The number of sulfonamides is 1. The van der Waals surface area contributed by atoms with E-state index >= 15 is 0 Å². The van der Waals surface area contributed by atoms with Gasteiger partial charge < -0.3 is 5.11 Å². The largest absolute Gasteiger partial charge is 0.396 e. The van der Waals surface area contributed by atoms with Gasteiger partial charge in [-0.25, -0.2) is 13.1 Å². The molecule has 0 atom stereocenters. The molecular formula is C10H16ClNO3S2. The second-order valence-corrected chi connectivity index (χ2v) is 7.35. The summed E-state index contributed by atoms with van der Waals surface area (Å²) in [6, 6.07) is 1.57. The molecule has 0 amide bonds. The van der Waals surface area contributed by atoms with Crippen molar-refractivity contribution in [2.24, 2.45) is 0 Å². The molecule has 0 unspecified atom stereocenters. The highest BCUT2D eigenvalue weighted by Gasteiger charge is 2.17. The van der Waals surface area contributed by atoms with Crippen molar-refractivity contribution < 1.29 is 13.5 Å². The molecule has 2 N–H and O–H groups in total. The minimum Gasteiger partial charge on any atom is -0.396 e. The number of thiophene rings is 1. The van der Waals surface area contributed by atoms with Crippen molar-refractivity contribution in [3.8, 4) is 0 Å². The lowest BCUT2D eigenvalue weighted by atomic mass is 10.2. The highest BCUT2D eigenvalue weighted by molar-refractivity contribution is 7.91. The Bertz CT molecular complexity index is 437. The zero-order chi connectivity index (χ0) is 12.9. The molecule has 1 aromatic rings. The van der Waals surface area contributed by atoms with Gasteiger partial charge in [0.2, 0.25) is 10.0 Å². The fourth-order valence-electron chi connectivity index (χ4n) is 1.26. The van der Waals surface area contributed by atoms with Crippen molar-refractivity contribution in [1.29, 1.82) is 0 Å². The van der Waals surface area contributed by atoms with Crippen LogP contribution < -0.4 is 4.72 Å². The van der Waals surface area contributed by atoms with E-state index in [1.807, 2.05) is 0 Å². The molecule has 7 heteroatoms. The highest BCUT2D eigenvalue weighted by atomic mass is 35.5. The third kappa shape index (κ3) is 4.56. The third-order valence-corrected chi connectivity index (χ3v) is 5.72. The molecule has 1 rings (SSSR count). The number of hydrogen-bond acceptors (Lipinski definition) is 4. The molecule has 4 nitrogen and oxygen atoms in total. The third-order valence-electron chi connectivity index (χ3n) is 2.23. The van der Waals surface area contributed by atoms with Crippen molar-refractivity contribution >= 4 is 33.0 Å². The first-order chi connectivity index (χ1) is 7.97. The van der Waals surface area contributed by atoms with E-state index < -0.39 is 10.0 Å². The average Bonchev–Trinajstić information content (AvgIpc) is 2.60. The molecule has 17 heavy (non-hydrogen) atoms. The molecule has 0 saturated heterocycles. The van der Waals surface area contributed by atoms with Crippen molar-refractivity contribution in [3.63, 3.8) is 0 Å². The van der Waals surface area contributed by atoms with Gasteiger partial charge in [-0.3, -0.25) is 0 Å². The van der Waals surface area contributed by atoms with Crippen LogP contribution in [-0.4, -0.2) is 26.7 Å². The van der Waals surface area contributed by atoms with Gasteiger partial charge in [-0.15, -0.1) is 11.3 Å². The molecule has 98 valence electrons. The Balaban J connectivity index is 2.51. The van der Waals surface area contributed by atoms with Crippen LogP contribution >= 0.6 is 22.9 Å². The van der Waals surface area contributed by atoms with E-state index in [4.69, 9.17) is 16.7 Å². The monoisotopic (exact) mass is 297 g/mol. The van der Waals surface area contributed by atoms with Crippen molar-refractivity contribution in [1.82, 2.24) is 4.72 Å². The van der Waals surface area contributed by atoms with Crippen LogP contribution in [0.3, 0.4) is 0 Å². The Labute approximate surface area is 111 Å². The summed E-state index contributed by atoms with van der Waals surface area (Å²) in [7, 11) is -3.43. The number of rotatable bonds is 7. The van der Waals surface area contributed by atoms with Crippen LogP contribution in [-0.2, 0) is 10.0 Å². The molecule has 0 saturated carbocycles. The Morgan fingerprint density at radius 1 is 1.41 bits per heavy atom. The quantitative estimate of drug-likeness (QED) is 0.758. The van der Waals surface area contributed by atoms with E-state index in [1.54, 1.807) is 13.0 Å². The van der Waals surface area contributed by atoms with Crippen LogP contribution in [0, 0.1) is 6.92 Å². The van der Waals surface area contributed by atoms with Gasteiger partial charge in [0.05, 0.1) is 4.34 Å². The maximum absolute atomic E-state index is 11.8. The summed E-state index contributed by atoms with van der Waals surface area (Å²) in [4.78, 5) is 0. The van der Waals surface area contributed by atoms with Gasteiger partial charge in [-0.2, -0.15) is 0 Å². The van der Waals surface area contributed by atoms with Crippen LogP contribution in [0.1, 0.15) is 24.8 Å². The maximum atomic E-state index is 11.8. The van der Waals surface area contributed by atoms with E-state index in [0.717, 1.165) is 29.7 Å². The first kappa shape index (κ1) is 14.9. The first-order valence-electron chi connectivity index (χ1n) is 5.34. The predicted molar refractivity (Wildman–Crippen MR) is 70.2 cm³/mol. The smallest absolute Gasteiger partial charge is 0.250 e. The minimum atomic E-state index is -3.43. The fourth-order valence-corrected chi connectivity index (χ4v) is 4.08. The topological polar surface area (TPSA) is 66.4 Å². The predicted octanol–water partition coefficient (Wildman–Crippen LogP) is 2.15. The lowest BCUT2D eigenvalue weighted by Gasteiger charge is -2.03. The van der Waals surface area contributed by atoms with E-state index in [1.165, 1.54) is 0 Å². The summed E-state index contributed by atoms with van der Waals surface area (Å²) in [5.41, 5.74) is 0.775. The first-order valence-corrected chi connectivity index (χ1v) is 8.01. The molecule has 1 heterocycles. The summed E-state index contributed by atoms with van der Waals surface area (Å²) >= 11 is 6.90. The van der Waals surface area contributed by atoms with Crippen LogP contribution in [0.5, 0.6) is 0 Å². The molecule has 0 radical (unpaired) electrons. The number of halogens is 1. The Morgan fingerprint density at radius 2 is 2.12 bits per heavy atom. The van der Waals surface area contributed by atoms with Gasteiger partial charge in [0.15, 0.2) is 0 Å². The maximum Gasteiger partial charge on any atom is 0.250 e. The number of aryl methyl sites for hydroxylation is 1. The minimum absolute atomic E-state index is 0.145. The fraction of sp³-hybridized carbons (Fsp3) is 0.600. The molecule has 0 bridgehead atoms. The summed E-state index contributed by atoms with van der Waals surface area (Å²) in [6.07, 6.45) is 2.23. The SMILES string of the molecule is Cc1cc(S(=O)(=O)NCCCCCO)sc1Cl. The van der Waals surface area contributed by atoms with Crippen molar-refractivity contribution in [2.75, 3.05) is 13.2 Å². The van der Waals surface area contributed by atoms with Gasteiger partial charge in [-0.05, 0) is 37.8 Å². The number of aliphatic hydroxyl groups is 1. The van der Waals surface area contributed by atoms with Crippen LogP contribution in [0.2, 0.25) is 4.34 Å². The average molecular weight is 298 g/mol. The van der Waals surface area contributed by atoms with E-state index in [2.05, 4.69) is 4.72 Å².